The van der Waals surface area contributed by atoms with E-state index in [1.807, 2.05) is 0 Å². The van der Waals surface area contributed by atoms with Gasteiger partial charge in [-0.05, 0) is 12.8 Å². The molecule has 19 heavy (non-hydrogen) atoms. The van der Waals surface area contributed by atoms with E-state index in [-0.39, 0.29) is 5.92 Å². The van der Waals surface area contributed by atoms with Gasteiger partial charge in [0.25, 0.3) is 0 Å². The van der Waals surface area contributed by atoms with Crippen LogP contribution < -0.4 is 16.4 Å². The summed E-state index contributed by atoms with van der Waals surface area (Å²) in [5.74, 6) is -2.70. The fraction of sp³-hybridized carbons (Fsp3) is 0.727. The molecule has 0 spiro atoms. The molecule has 0 saturated carbocycles. The van der Waals surface area contributed by atoms with Gasteiger partial charge in [0, 0.05) is 0 Å². The van der Waals surface area contributed by atoms with Gasteiger partial charge in [0.05, 0.1) is 12.1 Å². The smallest absolute Gasteiger partial charge is 0.322 e. The van der Waals surface area contributed by atoms with Gasteiger partial charge in [-0.25, -0.2) is 0 Å². The van der Waals surface area contributed by atoms with Gasteiger partial charge in [-0.3, -0.25) is 14.4 Å². The fourth-order valence-electron chi connectivity index (χ4n) is 1.23. The van der Waals surface area contributed by atoms with Crippen molar-refractivity contribution in [3.8, 4) is 0 Å². The van der Waals surface area contributed by atoms with Gasteiger partial charge in [-0.15, -0.1) is 0 Å². The van der Waals surface area contributed by atoms with Crippen LogP contribution in [0.4, 0.5) is 0 Å². The van der Waals surface area contributed by atoms with E-state index in [1.165, 1.54) is 6.92 Å². The zero-order valence-corrected chi connectivity index (χ0v) is 11.2. The van der Waals surface area contributed by atoms with Gasteiger partial charge in [0.2, 0.25) is 11.8 Å². The summed E-state index contributed by atoms with van der Waals surface area (Å²) >= 11 is 0. The minimum atomic E-state index is -1.24. The Morgan fingerprint density at radius 1 is 1.16 bits per heavy atom. The third-order valence-corrected chi connectivity index (χ3v) is 2.50. The Labute approximate surface area is 111 Å². The lowest BCUT2D eigenvalue weighted by atomic mass is 10.0. The van der Waals surface area contributed by atoms with Crippen LogP contribution in [0.1, 0.15) is 20.8 Å². The molecule has 0 aliphatic rings. The topological polar surface area (TPSA) is 142 Å². The molecule has 110 valence electrons. The summed E-state index contributed by atoms with van der Waals surface area (Å²) < 4.78 is 0. The summed E-state index contributed by atoms with van der Waals surface area (Å²) in [5, 5.41) is 22.3. The van der Waals surface area contributed by atoms with E-state index in [1.54, 1.807) is 13.8 Å². The molecule has 0 aromatic carbocycles. The van der Waals surface area contributed by atoms with Crippen molar-refractivity contribution in [2.45, 2.75) is 39.0 Å². The summed E-state index contributed by atoms with van der Waals surface area (Å²) in [6, 6.07) is -2.05. The number of carboxylic acid groups (broad SMARTS) is 1. The van der Waals surface area contributed by atoms with Crippen molar-refractivity contribution in [3.05, 3.63) is 0 Å². The first-order valence-electron chi connectivity index (χ1n) is 5.90. The Balaban J connectivity index is 4.61. The molecule has 3 unspecified atom stereocenters. The summed E-state index contributed by atoms with van der Waals surface area (Å²) in [6.45, 7) is 4.21. The largest absolute Gasteiger partial charge is 0.480 e. The number of carbonyl (C=O) groups is 3. The normalized spacial score (nSPS) is 15.5. The number of nitrogens with one attached hydrogen (secondary N) is 2. The number of amides is 2. The maximum Gasteiger partial charge on any atom is 0.322 e. The second-order valence-electron chi connectivity index (χ2n) is 4.61. The van der Waals surface area contributed by atoms with Crippen LogP contribution in [0.3, 0.4) is 0 Å². The van der Waals surface area contributed by atoms with Crippen LogP contribution in [0, 0.1) is 5.92 Å². The van der Waals surface area contributed by atoms with E-state index in [4.69, 9.17) is 10.8 Å². The van der Waals surface area contributed by atoms with Crippen LogP contribution in [0.25, 0.3) is 0 Å². The van der Waals surface area contributed by atoms with Gasteiger partial charge in [0.1, 0.15) is 12.6 Å². The highest BCUT2D eigenvalue weighted by Crippen LogP contribution is 2.00. The summed E-state index contributed by atoms with van der Waals surface area (Å²) in [4.78, 5) is 33.7. The number of hydrogen-bond donors (Lipinski definition) is 5. The molecule has 0 saturated heterocycles. The van der Waals surface area contributed by atoms with E-state index in [0.29, 0.717) is 0 Å². The summed E-state index contributed by atoms with van der Waals surface area (Å²) in [6.07, 6.45) is -1.17. The van der Waals surface area contributed by atoms with E-state index < -0.39 is 42.5 Å². The van der Waals surface area contributed by atoms with Crippen molar-refractivity contribution in [2.75, 3.05) is 6.54 Å². The summed E-state index contributed by atoms with van der Waals surface area (Å²) in [7, 11) is 0. The number of rotatable bonds is 7. The molecule has 0 bridgehead atoms. The van der Waals surface area contributed by atoms with Crippen LogP contribution in [0.5, 0.6) is 0 Å². The maximum atomic E-state index is 11.7. The first-order valence-corrected chi connectivity index (χ1v) is 5.90. The van der Waals surface area contributed by atoms with Crippen LogP contribution >= 0.6 is 0 Å². The Bertz CT molecular complexity index is 343. The van der Waals surface area contributed by atoms with Crippen molar-refractivity contribution in [1.29, 1.82) is 0 Å². The molecule has 8 heteroatoms. The number of hydrogen-bond acceptors (Lipinski definition) is 5. The molecule has 0 rings (SSSR count). The average Bonchev–Trinajstić information content (AvgIpc) is 2.30. The van der Waals surface area contributed by atoms with Crippen molar-refractivity contribution in [1.82, 2.24) is 10.6 Å². The quantitative estimate of drug-likeness (QED) is 0.365. The SMILES string of the molecule is CC(C)C(N)C(=O)NC(C(=O)NCC(=O)O)C(C)O. The van der Waals surface area contributed by atoms with E-state index in [2.05, 4.69) is 10.6 Å². The standard InChI is InChI=1S/C11H21N3O5/c1-5(2)8(12)10(18)14-9(6(3)15)11(19)13-4-7(16)17/h5-6,8-9,15H,4,12H2,1-3H3,(H,13,19)(H,14,18)(H,16,17). The highest BCUT2D eigenvalue weighted by molar-refractivity contribution is 5.91. The minimum Gasteiger partial charge on any atom is -0.480 e. The van der Waals surface area contributed by atoms with E-state index >= 15 is 0 Å². The molecule has 6 N–H and O–H groups in total. The average molecular weight is 275 g/mol. The second-order valence-corrected chi connectivity index (χ2v) is 4.61. The first kappa shape index (κ1) is 17.3. The highest BCUT2D eigenvalue weighted by Gasteiger charge is 2.28. The Morgan fingerprint density at radius 3 is 2.05 bits per heavy atom. The van der Waals surface area contributed by atoms with Gasteiger partial charge >= 0.3 is 5.97 Å². The van der Waals surface area contributed by atoms with Crippen molar-refractivity contribution >= 4 is 17.8 Å². The molecule has 0 fully saturated rings. The van der Waals surface area contributed by atoms with Gasteiger partial charge in [-0.1, -0.05) is 13.8 Å². The fourth-order valence-corrected chi connectivity index (χ4v) is 1.23. The molecule has 0 heterocycles. The Hall–Kier alpha value is -1.67. The highest BCUT2D eigenvalue weighted by atomic mass is 16.4. The molecule has 0 aromatic rings. The lowest BCUT2D eigenvalue weighted by Crippen LogP contribution is -2.57. The zero-order chi connectivity index (χ0) is 15.2. The predicted octanol–water partition coefficient (Wildman–Crippen LogP) is -1.96. The predicted molar refractivity (Wildman–Crippen MR) is 67.1 cm³/mol. The lowest BCUT2D eigenvalue weighted by molar-refractivity contribution is -0.139. The maximum absolute atomic E-state index is 11.7. The molecule has 8 nitrogen and oxygen atoms in total. The molecule has 0 aliphatic heterocycles. The van der Waals surface area contributed by atoms with Gasteiger partial charge < -0.3 is 26.6 Å². The van der Waals surface area contributed by atoms with E-state index in [9.17, 15) is 19.5 Å². The molecular weight excluding hydrogens is 254 g/mol. The number of carboxylic acids is 1. The Morgan fingerprint density at radius 2 is 1.68 bits per heavy atom. The number of nitrogens with two attached hydrogens (primary N) is 1. The second kappa shape index (κ2) is 7.70. The zero-order valence-electron chi connectivity index (χ0n) is 11.2. The first-order chi connectivity index (χ1) is 8.66. The number of carbonyl (C=O) groups excluding carboxylic acids is 2. The summed E-state index contributed by atoms with van der Waals surface area (Å²) in [5.41, 5.74) is 5.61. The number of aliphatic carboxylic acids is 1. The van der Waals surface area contributed by atoms with Gasteiger partial charge in [-0.2, -0.15) is 0 Å². The molecular formula is C11H21N3O5. The molecule has 2 amide bonds. The molecule has 0 aliphatic carbocycles. The van der Waals surface area contributed by atoms with Gasteiger partial charge in [0.15, 0.2) is 0 Å². The van der Waals surface area contributed by atoms with E-state index in [0.717, 1.165) is 0 Å². The molecule has 3 atom stereocenters. The van der Waals surface area contributed by atoms with Crippen LogP contribution in [-0.4, -0.2) is 52.7 Å². The lowest BCUT2D eigenvalue weighted by Gasteiger charge is -2.23. The Kier molecular flexibility index (Phi) is 7.02. The van der Waals surface area contributed by atoms with Crippen LogP contribution in [0.2, 0.25) is 0 Å². The van der Waals surface area contributed by atoms with Crippen molar-refractivity contribution in [2.24, 2.45) is 11.7 Å². The monoisotopic (exact) mass is 275 g/mol. The third kappa shape index (κ3) is 6.16. The van der Waals surface area contributed by atoms with Crippen LogP contribution in [0.15, 0.2) is 0 Å². The molecule has 0 aromatic heterocycles. The minimum absolute atomic E-state index is 0.128. The third-order valence-electron chi connectivity index (χ3n) is 2.50. The number of aliphatic hydroxyl groups excluding tert-OH is 1. The van der Waals surface area contributed by atoms with Crippen molar-refractivity contribution < 1.29 is 24.6 Å². The van der Waals surface area contributed by atoms with Crippen LogP contribution in [-0.2, 0) is 14.4 Å². The molecule has 0 radical (unpaired) electrons. The number of aliphatic hydroxyl groups is 1. The van der Waals surface area contributed by atoms with Crippen molar-refractivity contribution in [3.63, 3.8) is 0 Å².